The first-order valence-corrected chi connectivity index (χ1v) is 5.25. The van der Waals surface area contributed by atoms with Crippen LogP contribution in [0, 0.1) is 0 Å². The summed E-state index contributed by atoms with van der Waals surface area (Å²) in [6.07, 6.45) is -0.574. The number of rotatable bonds is 4. The van der Waals surface area contributed by atoms with Gasteiger partial charge in [0, 0.05) is 31.4 Å². The molecule has 0 spiro atoms. The summed E-state index contributed by atoms with van der Waals surface area (Å²) in [4.78, 5) is 0. The molecule has 0 saturated heterocycles. The molecule has 2 aromatic rings. The van der Waals surface area contributed by atoms with E-state index in [0.717, 1.165) is 11.4 Å². The number of alkyl halides is 2. The highest BCUT2D eigenvalue weighted by Gasteiger charge is 2.05. The molecule has 0 radical (unpaired) electrons. The summed E-state index contributed by atoms with van der Waals surface area (Å²) in [6.45, 7) is 0.570. The fourth-order valence-corrected chi connectivity index (χ4v) is 1.48. The topological polar surface area (TPSA) is 29.9 Å². The van der Waals surface area contributed by atoms with Crippen molar-refractivity contribution in [3.8, 4) is 0 Å². The van der Waals surface area contributed by atoms with Crippen molar-refractivity contribution in [2.24, 2.45) is 7.05 Å². The number of benzene rings is 1. The summed E-state index contributed by atoms with van der Waals surface area (Å²) in [5, 5.41) is 7.27. The molecule has 0 aliphatic rings. The van der Waals surface area contributed by atoms with Gasteiger partial charge >= 0.3 is 0 Å². The Labute approximate surface area is 98.1 Å². The first-order valence-electron chi connectivity index (χ1n) is 5.25. The number of hydrogen-bond donors (Lipinski definition) is 1. The second-order valence-electron chi connectivity index (χ2n) is 3.77. The number of hydrogen-bond acceptors (Lipinski definition) is 2. The zero-order valence-electron chi connectivity index (χ0n) is 9.40. The lowest BCUT2D eigenvalue weighted by Gasteiger charge is -2.04. The lowest BCUT2D eigenvalue weighted by Crippen LogP contribution is -2.01. The summed E-state index contributed by atoms with van der Waals surface area (Å²) in [6, 6.07) is 8.13. The molecule has 1 aromatic heterocycles. The largest absolute Gasteiger partial charge is 0.365 e. The maximum atomic E-state index is 12.3. The SMILES string of the molecule is Cn1ccc(NCc2ccc(C(F)F)cc2)n1. The Hall–Kier alpha value is -1.91. The first-order chi connectivity index (χ1) is 8.15. The highest BCUT2D eigenvalue weighted by Crippen LogP contribution is 2.18. The van der Waals surface area contributed by atoms with Crippen LogP contribution in [0.15, 0.2) is 36.5 Å². The Morgan fingerprint density at radius 1 is 1.24 bits per heavy atom. The molecule has 1 aromatic carbocycles. The van der Waals surface area contributed by atoms with E-state index < -0.39 is 6.43 Å². The van der Waals surface area contributed by atoms with E-state index in [1.165, 1.54) is 12.1 Å². The van der Waals surface area contributed by atoms with Crippen LogP contribution >= 0.6 is 0 Å². The third-order valence-electron chi connectivity index (χ3n) is 2.42. The fraction of sp³-hybridized carbons (Fsp3) is 0.250. The predicted molar refractivity (Wildman–Crippen MR) is 61.9 cm³/mol. The standard InChI is InChI=1S/C12H13F2N3/c1-17-7-6-11(16-17)15-8-9-2-4-10(5-3-9)12(13)14/h2-7,12H,8H2,1H3,(H,15,16). The van der Waals surface area contributed by atoms with Crippen LogP contribution < -0.4 is 5.32 Å². The van der Waals surface area contributed by atoms with Gasteiger partial charge in [-0.1, -0.05) is 24.3 Å². The molecule has 0 saturated carbocycles. The smallest absolute Gasteiger partial charge is 0.263 e. The molecule has 0 unspecified atom stereocenters. The molecular formula is C12H13F2N3. The minimum absolute atomic E-state index is 0.0478. The number of halogens is 2. The predicted octanol–water partition coefficient (Wildman–Crippen LogP) is 2.97. The Morgan fingerprint density at radius 2 is 1.94 bits per heavy atom. The monoisotopic (exact) mass is 237 g/mol. The van der Waals surface area contributed by atoms with Crippen LogP contribution in [0.25, 0.3) is 0 Å². The van der Waals surface area contributed by atoms with E-state index in [1.807, 2.05) is 19.3 Å². The van der Waals surface area contributed by atoms with Gasteiger partial charge < -0.3 is 5.32 Å². The van der Waals surface area contributed by atoms with Gasteiger partial charge in [-0.15, -0.1) is 0 Å². The van der Waals surface area contributed by atoms with Crippen LogP contribution in [0.2, 0.25) is 0 Å². The van der Waals surface area contributed by atoms with E-state index in [-0.39, 0.29) is 5.56 Å². The van der Waals surface area contributed by atoms with Crippen molar-refractivity contribution in [2.45, 2.75) is 13.0 Å². The van der Waals surface area contributed by atoms with Crippen molar-refractivity contribution in [1.82, 2.24) is 9.78 Å². The molecule has 1 heterocycles. The molecule has 2 rings (SSSR count). The molecule has 0 amide bonds. The van der Waals surface area contributed by atoms with Gasteiger partial charge in [-0.05, 0) is 5.56 Å². The average molecular weight is 237 g/mol. The van der Waals surface area contributed by atoms with Gasteiger partial charge in [-0.25, -0.2) is 8.78 Å². The van der Waals surface area contributed by atoms with Gasteiger partial charge in [-0.2, -0.15) is 5.10 Å². The Bertz CT molecular complexity index is 477. The van der Waals surface area contributed by atoms with Gasteiger partial charge in [0.25, 0.3) is 6.43 Å². The third-order valence-corrected chi connectivity index (χ3v) is 2.42. The second kappa shape index (κ2) is 4.95. The molecule has 5 heteroatoms. The quantitative estimate of drug-likeness (QED) is 0.886. The summed E-state index contributed by atoms with van der Waals surface area (Å²) in [7, 11) is 1.84. The van der Waals surface area contributed by atoms with Crippen molar-refractivity contribution < 1.29 is 8.78 Å². The molecule has 0 aliphatic heterocycles. The van der Waals surface area contributed by atoms with Gasteiger partial charge in [-0.3, -0.25) is 4.68 Å². The van der Waals surface area contributed by atoms with Crippen LogP contribution in [-0.4, -0.2) is 9.78 Å². The van der Waals surface area contributed by atoms with Gasteiger partial charge in [0.05, 0.1) is 0 Å². The Kier molecular flexibility index (Phi) is 3.37. The fourth-order valence-electron chi connectivity index (χ4n) is 1.48. The zero-order chi connectivity index (χ0) is 12.3. The van der Waals surface area contributed by atoms with Gasteiger partial charge in [0.2, 0.25) is 0 Å². The van der Waals surface area contributed by atoms with Crippen molar-refractivity contribution in [1.29, 1.82) is 0 Å². The van der Waals surface area contributed by atoms with Crippen LogP contribution in [0.5, 0.6) is 0 Å². The van der Waals surface area contributed by atoms with Crippen molar-refractivity contribution in [3.05, 3.63) is 47.7 Å². The number of aryl methyl sites for hydroxylation is 1. The summed E-state index contributed by atoms with van der Waals surface area (Å²) < 4.78 is 26.3. The van der Waals surface area contributed by atoms with E-state index in [1.54, 1.807) is 16.8 Å². The third kappa shape index (κ3) is 3.03. The molecule has 0 fully saturated rings. The number of anilines is 1. The molecule has 90 valence electrons. The molecule has 3 nitrogen and oxygen atoms in total. The summed E-state index contributed by atoms with van der Waals surface area (Å²) >= 11 is 0. The van der Waals surface area contributed by atoms with Gasteiger partial charge in [0.15, 0.2) is 0 Å². The van der Waals surface area contributed by atoms with Crippen LogP contribution in [0.1, 0.15) is 17.6 Å². The number of nitrogens with one attached hydrogen (secondary N) is 1. The van der Waals surface area contributed by atoms with E-state index in [2.05, 4.69) is 10.4 Å². The molecule has 0 atom stereocenters. The molecule has 0 bridgehead atoms. The van der Waals surface area contributed by atoms with Crippen LogP contribution in [0.3, 0.4) is 0 Å². The average Bonchev–Trinajstić information content (AvgIpc) is 2.73. The Morgan fingerprint density at radius 3 is 2.47 bits per heavy atom. The first kappa shape index (κ1) is 11.6. The van der Waals surface area contributed by atoms with Crippen LogP contribution in [-0.2, 0) is 13.6 Å². The maximum Gasteiger partial charge on any atom is 0.263 e. The lowest BCUT2D eigenvalue weighted by atomic mass is 10.1. The summed E-state index contributed by atoms with van der Waals surface area (Å²) in [5.41, 5.74) is 0.992. The summed E-state index contributed by atoms with van der Waals surface area (Å²) in [5.74, 6) is 0.769. The molecular weight excluding hydrogens is 224 g/mol. The van der Waals surface area contributed by atoms with Crippen molar-refractivity contribution >= 4 is 5.82 Å². The zero-order valence-corrected chi connectivity index (χ0v) is 9.40. The second-order valence-corrected chi connectivity index (χ2v) is 3.77. The Balaban J connectivity index is 1.95. The lowest BCUT2D eigenvalue weighted by molar-refractivity contribution is 0.151. The normalized spacial score (nSPS) is 10.8. The molecule has 1 N–H and O–H groups in total. The van der Waals surface area contributed by atoms with Crippen molar-refractivity contribution in [3.63, 3.8) is 0 Å². The minimum atomic E-state index is -2.41. The number of nitrogens with zero attached hydrogens (tertiary/aromatic N) is 2. The highest BCUT2D eigenvalue weighted by atomic mass is 19.3. The van der Waals surface area contributed by atoms with Crippen molar-refractivity contribution in [2.75, 3.05) is 5.32 Å². The van der Waals surface area contributed by atoms with Crippen LogP contribution in [0.4, 0.5) is 14.6 Å². The van der Waals surface area contributed by atoms with Gasteiger partial charge in [0.1, 0.15) is 5.82 Å². The van der Waals surface area contributed by atoms with E-state index in [9.17, 15) is 8.78 Å². The van der Waals surface area contributed by atoms with E-state index >= 15 is 0 Å². The maximum absolute atomic E-state index is 12.3. The molecule has 17 heavy (non-hydrogen) atoms. The molecule has 0 aliphatic carbocycles. The highest BCUT2D eigenvalue weighted by molar-refractivity contribution is 5.34. The van der Waals surface area contributed by atoms with E-state index in [0.29, 0.717) is 6.54 Å². The minimum Gasteiger partial charge on any atom is -0.365 e. The number of aromatic nitrogens is 2. The van der Waals surface area contributed by atoms with E-state index in [4.69, 9.17) is 0 Å².